The van der Waals surface area contributed by atoms with Gasteiger partial charge in [0.2, 0.25) is 12.2 Å². The van der Waals surface area contributed by atoms with E-state index in [1.54, 1.807) is 27.2 Å². The quantitative estimate of drug-likeness (QED) is 0.691. The van der Waals surface area contributed by atoms with E-state index < -0.39 is 12.3 Å². The molecule has 0 saturated heterocycles. The summed E-state index contributed by atoms with van der Waals surface area (Å²) in [5.41, 5.74) is 0.571. The summed E-state index contributed by atoms with van der Waals surface area (Å²) in [6.45, 7) is 6.58. The molecule has 0 fully saturated rings. The second kappa shape index (κ2) is 7.20. The normalized spacial score (nSPS) is 12.7. The number of rotatable bonds is 7. The Morgan fingerprint density at radius 3 is 2.42 bits per heavy atom. The monoisotopic (exact) mass is 270 g/mol. The molecule has 108 valence electrons. The molecule has 7 nitrogen and oxygen atoms in total. The van der Waals surface area contributed by atoms with Crippen molar-refractivity contribution < 1.29 is 14.3 Å². The maximum atomic E-state index is 11.8. The van der Waals surface area contributed by atoms with Crippen molar-refractivity contribution in [3.63, 3.8) is 0 Å². The van der Waals surface area contributed by atoms with Crippen LogP contribution in [0.15, 0.2) is 6.20 Å². The second-order valence-corrected chi connectivity index (χ2v) is 4.27. The van der Waals surface area contributed by atoms with Gasteiger partial charge in [-0.25, -0.2) is 4.68 Å². The molecule has 1 atom stereocenters. The predicted molar refractivity (Wildman–Crippen MR) is 69.4 cm³/mol. The smallest absolute Gasteiger partial charge is 0.246 e. The number of hydrogen-bond donors (Lipinski definition) is 0. The van der Waals surface area contributed by atoms with Crippen LogP contribution in [0.1, 0.15) is 38.8 Å². The van der Waals surface area contributed by atoms with Crippen molar-refractivity contribution in [2.24, 2.45) is 0 Å². The van der Waals surface area contributed by atoms with Gasteiger partial charge in [-0.2, -0.15) is 0 Å². The number of aromatic nitrogens is 3. The molecule has 0 spiro atoms. The van der Waals surface area contributed by atoms with Gasteiger partial charge in [-0.3, -0.25) is 4.79 Å². The van der Waals surface area contributed by atoms with E-state index in [-0.39, 0.29) is 5.91 Å². The summed E-state index contributed by atoms with van der Waals surface area (Å²) in [5, 5.41) is 7.97. The van der Waals surface area contributed by atoms with Crippen molar-refractivity contribution in [2.45, 2.75) is 33.1 Å². The van der Waals surface area contributed by atoms with Crippen molar-refractivity contribution in [1.82, 2.24) is 19.9 Å². The van der Waals surface area contributed by atoms with E-state index in [1.807, 2.05) is 13.8 Å². The maximum Gasteiger partial charge on any atom is 0.246 e. The van der Waals surface area contributed by atoms with Crippen LogP contribution in [0.2, 0.25) is 0 Å². The van der Waals surface area contributed by atoms with Gasteiger partial charge in [0.1, 0.15) is 11.7 Å². The molecule has 1 unspecified atom stereocenters. The number of hydrogen-bond acceptors (Lipinski definition) is 5. The number of likely N-dealkylation sites (N-methyl/N-ethyl adjacent to an activating group) is 1. The molecular weight excluding hydrogens is 248 g/mol. The number of carbonyl (C=O) groups is 1. The number of carbonyl (C=O) groups excluding carboxylic acids is 1. The first-order chi connectivity index (χ1) is 9.01. The molecule has 0 aliphatic rings. The Balaban J connectivity index is 2.82. The highest BCUT2D eigenvalue weighted by Crippen LogP contribution is 2.17. The van der Waals surface area contributed by atoms with Gasteiger partial charge >= 0.3 is 0 Å². The van der Waals surface area contributed by atoms with E-state index in [4.69, 9.17) is 9.47 Å². The van der Waals surface area contributed by atoms with Crippen molar-refractivity contribution in [2.75, 3.05) is 27.3 Å². The van der Waals surface area contributed by atoms with Crippen molar-refractivity contribution in [3.8, 4) is 0 Å². The Bertz CT molecular complexity index is 399. The lowest BCUT2D eigenvalue weighted by Gasteiger charge is -2.16. The Kier molecular flexibility index (Phi) is 5.91. The van der Waals surface area contributed by atoms with Crippen LogP contribution in [-0.2, 0) is 14.3 Å². The highest BCUT2D eigenvalue weighted by molar-refractivity contribution is 5.79. The van der Waals surface area contributed by atoms with Crippen molar-refractivity contribution >= 4 is 5.91 Å². The van der Waals surface area contributed by atoms with E-state index in [1.165, 1.54) is 9.58 Å². The highest BCUT2D eigenvalue weighted by atomic mass is 16.7. The van der Waals surface area contributed by atoms with Crippen molar-refractivity contribution in [1.29, 1.82) is 0 Å². The molecule has 1 rings (SSSR count). The summed E-state index contributed by atoms with van der Waals surface area (Å²) in [6.07, 6.45) is 1.15. The van der Waals surface area contributed by atoms with Gasteiger partial charge in [-0.15, -0.1) is 5.10 Å². The fraction of sp³-hybridized carbons (Fsp3) is 0.750. The van der Waals surface area contributed by atoms with Gasteiger partial charge in [0, 0.05) is 27.3 Å². The first-order valence-corrected chi connectivity index (χ1v) is 6.37. The third-order valence-corrected chi connectivity index (χ3v) is 2.60. The maximum absolute atomic E-state index is 11.8. The average molecular weight is 270 g/mol. The zero-order valence-electron chi connectivity index (χ0n) is 12.2. The highest BCUT2D eigenvalue weighted by Gasteiger charge is 2.21. The Labute approximate surface area is 113 Å². The molecule has 19 heavy (non-hydrogen) atoms. The van der Waals surface area contributed by atoms with E-state index in [9.17, 15) is 4.79 Å². The van der Waals surface area contributed by atoms with Crippen LogP contribution in [0.3, 0.4) is 0 Å². The lowest BCUT2D eigenvalue weighted by molar-refractivity contribution is -0.142. The third kappa shape index (κ3) is 4.00. The summed E-state index contributed by atoms with van der Waals surface area (Å²) >= 11 is 0. The van der Waals surface area contributed by atoms with Gasteiger partial charge < -0.3 is 14.4 Å². The van der Waals surface area contributed by atoms with Gasteiger partial charge in [0.25, 0.3) is 0 Å². The summed E-state index contributed by atoms with van der Waals surface area (Å²) < 4.78 is 12.4. The van der Waals surface area contributed by atoms with Crippen molar-refractivity contribution in [3.05, 3.63) is 11.9 Å². The fourth-order valence-corrected chi connectivity index (χ4v) is 1.60. The molecule has 0 radical (unpaired) electrons. The minimum absolute atomic E-state index is 0.0409. The van der Waals surface area contributed by atoms with Gasteiger partial charge in [0.15, 0.2) is 0 Å². The van der Waals surface area contributed by atoms with E-state index in [0.29, 0.717) is 18.9 Å². The van der Waals surface area contributed by atoms with Crippen LogP contribution in [0.25, 0.3) is 0 Å². The Morgan fingerprint density at radius 2 is 1.95 bits per heavy atom. The molecule has 1 amide bonds. The minimum atomic E-state index is -0.537. The fourth-order valence-electron chi connectivity index (χ4n) is 1.60. The van der Waals surface area contributed by atoms with E-state index >= 15 is 0 Å². The second-order valence-electron chi connectivity index (χ2n) is 4.27. The van der Waals surface area contributed by atoms with Crippen LogP contribution in [0.4, 0.5) is 0 Å². The first-order valence-electron chi connectivity index (χ1n) is 6.37. The molecule has 0 saturated carbocycles. The summed E-state index contributed by atoms with van der Waals surface area (Å²) in [6, 6.07) is -0.403. The molecule has 7 heteroatoms. The number of amides is 1. The molecule has 1 aromatic rings. The van der Waals surface area contributed by atoms with Crippen LogP contribution >= 0.6 is 0 Å². The minimum Gasteiger partial charge on any atom is -0.347 e. The van der Waals surface area contributed by atoms with E-state index in [2.05, 4.69) is 10.3 Å². The summed E-state index contributed by atoms with van der Waals surface area (Å²) in [7, 11) is 3.42. The van der Waals surface area contributed by atoms with Gasteiger partial charge in [-0.1, -0.05) is 5.21 Å². The van der Waals surface area contributed by atoms with Gasteiger partial charge in [0.05, 0.1) is 6.20 Å². The summed E-state index contributed by atoms with van der Waals surface area (Å²) in [4.78, 5) is 13.4. The van der Waals surface area contributed by atoms with Crippen LogP contribution in [0.5, 0.6) is 0 Å². The SMILES string of the molecule is CCOC(OCC)c1cn(C(C)C(=O)N(C)C)nn1. The van der Waals surface area contributed by atoms with Crippen LogP contribution in [0, 0.1) is 0 Å². The van der Waals surface area contributed by atoms with E-state index in [0.717, 1.165) is 0 Å². The average Bonchev–Trinajstić information content (AvgIpc) is 2.86. The first kappa shape index (κ1) is 15.6. The lowest BCUT2D eigenvalue weighted by Crippen LogP contribution is -2.30. The Morgan fingerprint density at radius 1 is 1.37 bits per heavy atom. The number of ether oxygens (including phenoxy) is 2. The zero-order valence-corrected chi connectivity index (χ0v) is 12.2. The molecule has 0 aliphatic carbocycles. The molecule has 0 N–H and O–H groups in total. The Hall–Kier alpha value is -1.47. The molecular formula is C12H22N4O3. The lowest BCUT2D eigenvalue weighted by atomic mass is 10.3. The summed E-state index contributed by atoms with van der Waals surface area (Å²) in [5.74, 6) is -0.0409. The largest absolute Gasteiger partial charge is 0.347 e. The van der Waals surface area contributed by atoms with Crippen LogP contribution < -0.4 is 0 Å². The molecule has 0 aromatic carbocycles. The predicted octanol–water partition coefficient (Wildman–Crippen LogP) is 0.999. The molecule has 0 aliphatic heterocycles. The standard InChI is InChI=1S/C12H22N4O3/c1-6-18-12(19-7-2)10-8-16(14-13-10)9(3)11(17)15(4)5/h8-9,12H,6-7H2,1-5H3. The molecule has 1 aromatic heterocycles. The third-order valence-electron chi connectivity index (χ3n) is 2.60. The van der Waals surface area contributed by atoms with Gasteiger partial charge in [-0.05, 0) is 20.8 Å². The van der Waals surface area contributed by atoms with Crippen LogP contribution in [-0.4, -0.2) is 53.1 Å². The zero-order chi connectivity index (χ0) is 14.4. The topological polar surface area (TPSA) is 69.5 Å². The molecule has 1 heterocycles. The molecule has 0 bridgehead atoms. The number of nitrogens with zero attached hydrogens (tertiary/aromatic N) is 4.